The molecular weight excluding hydrogens is 394 g/mol. The second-order valence-electron chi connectivity index (χ2n) is 7.04. The van der Waals surface area contributed by atoms with Gasteiger partial charge >= 0.3 is 0 Å². The van der Waals surface area contributed by atoms with E-state index in [1.165, 1.54) is 11.8 Å². The van der Waals surface area contributed by atoms with E-state index in [0.29, 0.717) is 28.1 Å². The van der Waals surface area contributed by atoms with E-state index in [2.05, 4.69) is 11.4 Å². The minimum Gasteiger partial charge on any atom is -0.496 e. The van der Waals surface area contributed by atoms with Gasteiger partial charge in [0.15, 0.2) is 0 Å². The van der Waals surface area contributed by atoms with Crippen LogP contribution in [0.3, 0.4) is 0 Å². The van der Waals surface area contributed by atoms with Gasteiger partial charge in [-0.3, -0.25) is 4.79 Å². The van der Waals surface area contributed by atoms with Crippen molar-refractivity contribution < 1.29 is 9.53 Å². The summed E-state index contributed by atoms with van der Waals surface area (Å²) in [4.78, 5) is 17.0. The van der Waals surface area contributed by atoms with Gasteiger partial charge in [-0.1, -0.05) is 54.2 Å². The maximum absolute atomic E-state index is 12.2. The smallest absolute Gasteiger partial charge is 0.230 e. The summed E-state index contributed by atoms with van der Waals surface area (Å²) in [6, 6.07) is 21.9. The number of nitrogens with one attached hydrogen (secondary N) is 1. The van der Waals surface area contributed by atoms with E-state index in [4.69, 9.17) is 9.72 Å². The molecule has 0 radical (unpaired) electrons. The van der Waals surface area contributed by atoms with E-state index in [1.54, 1.807) is 7.11 Å². The molecule has 1 aliphatic rings. The van der Waals surface area contributed by atoms with Gasteiger partial charge in [0, 0.05) is 17.2 Å². The van der Waals surface area contributed by atoms with E-state index in [1.807, 2.05) is 60.7 Å². The van der Waals surface area contributed by atoms with Gasteiger partial charge in [0.1, 0.15) is 16.8 Å². The maximum atomic E-state index is 12.2. The van der Waals surface area contributed by atoms with E-state index in [-0.39, 0.29) is 11.7 Å². The predicted octanol–water partition coefficient (Wildman–Crippen LogP) is 4.67. The van der Waals surface area contributed by atoms with Crippen LogP contribution in [0.5, 0.6) is 5.75 Å². The SMILES string of the molecule is COc1ccccc1-c1cc(-c2ccccc2)c(C#N)c(SCC(=O)NC2CC2)n1. The Hall–Kier alpha value is -3.30. The van der Waals surface area contributed by atoms with E-state index in [9.17, 15) is 10.1 Å². The number of aromatic nitrogens is 1. The van der Waals surface area contributed by atoms with Crippen molar-refractivity contribution in [2.75, 3.05) is 12.9 Å². The van der Waals surface area contributed by atoms with Crippen LogP contribution in [0.1, 0.15) is 18.4 Å². The summed E-state index contributed by atoms with van der Waals surface area (Å²) in [5.41, 5.74) is 3.74. The zero-order chi connectivity index (χ0) is 20.9. The number of benzene rings is 2. The van der Waals surface area contributed by atoms with Gasteiger partial charge in [0.05, 0.1) is 24.1 Å². The van der Waals surface area contributed by atoms with E-state index in [0.717, 1.165) is 29.5 Å². The Morgan fingerprint density at radius 2 is 1.90 bits per heavy atom. The lowest BCUT2D eigenvalue weighted by Gasteiger charge is -2.14. The fourth-order valence-corrected chi connectivity index (χ4v) is 4.02. The van der Waals surface area contributed by atoms with Crippen molar-refractivity contribution in [2.45, 2.75) is 23.9 Å². The zero-order valence-electron chi connectivity index (χ0n) is 16.6. The summed E-state index contributed by atoms with van der Waals surface area (Å²) in [7, 11) is 1.62. The number of amides is 1. The highest BCUT2D eigenvalue weighted by Crippen LogP contribution is 2.36. The Morgan fingerprint density at radius 1 is 1.17 bits per heavy atom. The fraction of sp³-hybridized carbons (Fsp3) is 0.208. The molecule has 1 N–H and O–H groups in total. The van der Waals surface area contributed by atoms with Crippen molar-refractivity contribution in [3.63, 3.8) is 0 Å². The molecule has 0 unspecified atom stereocenters. The average molecular weight is 416 g/mol. The van der Waals surface area contributed by atoms with Crippen molar-refractivity contribution in [3.8, 4) is 34.2 Å². The third-order valence-corrected chi connectivity index (χ3v) is 5.82. The molecule has 2 aromatic carbocycles. The number of thioether (sulfide) groups is 1. The molecule has 0 atom stereocenters. The highest BCUT2D eigenvalue weighted by atomic mass is 32.2. The second kappa shape index (κ2) is 9.02. The van der Waals surface area contributed by atoms with Gasteiger partial charge in [0.25, 0.3) is 0 Å². The van der Waals surface area contributed by atoms with Crippen molar-refractivity contribution >= 4 is 17.7 Å². The summed E-state index contributed by atoms with van der Waals surface area (Å²) in [5.74, 6) is 0.898. The van der Waals surface area contributed by atoms with Crippen LogP contribution in [0.4, 0.5) is 0 Å². The first-order valence-electron chi connectivity index (χ1n) is 9.75. The first-order valence-corrected chi connectivity index (χ1v) is 10.7. The quantitative estimate of drug-likeness (QED) is 0.568. The molecule has 1 aromatic heterocycles. The predicted molar refractivity (Wildman–Crippen MR) is 118 cm³/mol. The molecule has 30 heavy (non-hydrogen) atoms. The van der Waals surface area contributed by atoms with Crippen molar-refractivity contribution in [2.24, 2.45) is 0 Å². The second-order valence-corrected chi connectivity index (χ2v) is 8.01. The number of hydrogen-bond donors (Lipinski definition) is 1. The van der Waals surface area contributed by atoms with Crippen LogP contribution in [0.15, 0.2) is 65.7 Å². The van der Waals surface area contributed by atoms with Crippen molar-refractivity contribution in [1.82, 2.24) is 10.3 Å². The molecular formula is C24H21N3O2S. The van der Waals surface area contributed by atoms with Crippen LogP contribution < -0.4 is 10.1 Å². The summed E-state index contributed by atoms with van der Waals surface area (Å²) in [6.07, 6.45) is 2.08. The molecule has 0 saturated heterocycles. The number of ether oxygens (including phenoxy) is 1. The van der Waals surface area contributed by atoms with Crippen LogP contribution in [0.25, 0.3) is 22.4 Å². The fourth-order valence-electron chi connectivity index (χ4n) is 3.20. The van der Waals surface area contributed by atoms with Crippen molar-refractivity contribution in [3.05, 3.63) is 66.2 Å². The third-order valence-electron chi connectivity index (χ3n) is 4.85. The van der Waals surface area contributed by atoms with Crippen LogP contribution >= 0.6 is 11.8 Å². The number of rotatable bonds is 7. The molecule has 1 amide bonds. The molecule has 1 fully saturated rings. The van der Waals surface area contributed by atoms with Crippen LogP contribution in [-0.4, -0.2) is 29.8 Å². The minimum absolute atomic E-state index is 0.0304. The number of pyridine rings is 1. The molecule has 4 rings (SSSR count). The number of para-hydroxylation sites is 1. The number of hydrogen-bond acceptors (Lipinski definition) is 5. The molecule has 3 aromatic rings. The largest absolute Gasteiger partial charge is 0.496 e. The van der Waals surface area contributed by atoms with Gasteiger partial charge in [-0.25, -0.2) is 4.98 Å². The summed E-state index contributed by atoms with van der Waals surface area (Å²) >= 11 is 1.29. The lowest BCUT2D eigenvalue weighted by atomic mass is 9.99. The summed E-state index contributed by atoms with van der Waals surface area (Å²) in [5, 5.41) is 13.4. The van der Waals surface area contributed by atoms with Gasteiger partial charge < -0.3 is 10.1 Å². The Balaban J connectivity index is 1.78. The number of methoxy groups -OCH3 is 1. The lowest BCUT2D eigenvalue weighted by molar-refractivity contribution is -0.118. The monoisotopic (exact) mass is 415 g/mol. The topological polar surface area (TPSA) is 75.0 Å². The minimum atomic E-state index is -0.0304. The third kappa shape index (κ3) is 4.47. The number of carbonyl (C=O) groups is 1. The lowest BCUT2D eigenvalue weighted by Crippen LogP contribution is -2.27. The molecule has 5 nitrogen and oxygen atoms in total. The Morgan fingerprint density at radius 3 is 2.60 bits per heavy atom. The molecule has 0 aliphatic heterocycles. The summed E-state index contributed by atoms with van der Waals surface area (Å²) < 4.78 is 5.51. The first kappa shape index (κ1) is 20.0. The van der Waals surface area contributed by atoms with E-state index < -0.39 is 0 Å². The highest BCUT2D eigenvalue weighted by Gasteiger charge is 2.24. The Kier molecular flexibility index (Phi) is 6.01. The molecule has 1 heterocycles. The molecule has 1 saturated carbocycles. The molecule has 6 heteroatoms. The standard InChI is InChI=1S/C24H21N3O2S/c1-29-22-10-6-5-9-18(22)21-13-19(16-7-3-2-4-8-16)20(14-25)24(27-21)30-15-23(28)26-17-11-12-17/h2-10,13,17H,11-12,15H2,1H3,(H,26,28). The Bertz CT molecular complexity index is 1110. The van der Waals surface area contributed by atoms with Crippen molar-refractivity contribution in [1.29, 1.82) is 5.26 Å². The molecule has 150 valence electrons. The molecule has 0 spiro atoms. The van der Waals surface area contributed by atoms with Gasteiger partial charge in [0.2, 0.25) is 5.91 Å². The zero-order valence-corrected chi connectivity index (χ0v) is 17.4. The Labute approximate surface area is 180 Å². The number of nitriles is 1. The van der Waals surface area contributed by atoms with Gasteiger partial charge in [-0.15, -0.1) is 0 Å². The average Bonchev–Trinajstić information content (AvgIpc) is 3.61. The maximum Gasteiger partial charge on any atom is 0.230 e. The highest BCUT2D eigenvalue weighted by molar-refractivity contribution is 8.00. The van der Waals surface area contributed by atoms with Crippen LogP contribution in [0.2, 0.25) is 0 Å². The summed E-state index contributed by atoms with van der Waals surface area (Å²) in [6.45, 7) is 0. The number of carbonyl (C=O) groups excluding carboxylic acids is 1. The molecule has 0 bridgehead atoms. The molecule has 1 aliphatic carbocycles. The van der Waals surface area contributed by atoms with Crippen LogP contribution in [0, 0.1) is 11.3 Å². The number of nitrogens with zero attached hydrogens (tertiary/aromatic N) is 2. The van der Waals surface area contributed by atoms with Crippen LogP contribution in [-0.2, 0) is 4.79 Å². The van der Waals surface area contributed by atoms with Gasteiger partial charge in [-0.05, 0) is 36.6 Å². The normalized spacial score (nSPS) is 12.8. The van der Waals surface area contributed by atoms with Gasteiger partial charge in [-0.2, -0.15) is 5.26 Å². The van der Waals surface area contributed by atoms with E-state index >= 15 is 0 Å². The first-order chi connectivity index (χ1) is 14.7.